The van der Waals surface area contributed by atoms with E-state index in [1.54, 1.807) is 19.1 Å². The average molecular weight is 384 g/mol. The quantitative estimate of drug-likeness (QED) is 0.701. The number of carbonyl (C=O) groups excluding carboxylic acids is 2. The van der Waals surface area contributed by atoms with Gasteiger partial charge in [0.1, 0.15) is 5.60 Å². The van der Waals surface area contributed by atoms with Crippen LogP contribution in [0.5, 0.6) is 0 Å². The summed E-state index contributed by atoms with van der Waals surface area (Å²) >= 11 is 0. The first-order valence-electron chi connectivity index (χ1n) is 9.82. The number of nitrogens with zero attached hydrogens (tertiary/aromatic N) is 2. The summed E-state index contributed by atoms with van der Waals surface area (Å²) < 4.78 is 11.3. The lowest BCUT2D eigenvalue weighted by Gasteiger charge is -2.27. The van der Waals surface area contributed by atoms with Gasteiger partial charge in [0.25, 0.3) is 0 Å². The van der Waals surface area contributed by atoms with Gasteiger partial charge in [-0.1, -0.05) is 30.4 Å². The third-order valence-electron chi connectivity index (χ3n) is 6.42. The molecular weight excluding hydrogens is 356 g/mol. The van der Waals surface area contributed by atoms with Gasteiger partial charge in [0, 0.05) is 27.2 Å². The van der Waals surface area contributed by atoms with E-state index in [-0.39, 0.29) is 17.9 Å². The van der Waals surface area contributed by atoms with Crippen LogP contribution in [-0.2, 0) is 25.6 Å². The number of hydrogen-bond donors (Lipinski definition) is 0. The van der Waals surface area contributed by atoms with Crippen molar-refractivity contribution in [1.29, 1.82) is 0 Å². The molecular formula is C22H28N2O4. The zero-order valence-corrected chi connectivity index (χ0v) is 17.0. The third kappa shape index (κ3) is 2.95. The maximum atomic E-state index is 13.3. The van der Waals surface area contributed by atoms with Crippen LogP contribution in [0.2, 0.25) is 0 Å². The Kier molecular flexibility index (Phi) is 4.79. The van der Waals surface area contributed by atoms with E-state index >= 15 is 0 Å². The summed E-state index contributed by atoms with van der Waals surface area (Å²) in [6.07, 6.45) is 3.64. The van der Waals surface area contributed by atoms with Crippen molar-refractivity contribution in [3.8, 4) is 0 Å². The maximum absolute atomic E-state index is 13.3. The zero-order chi connectivity index (χ0) is 20.1. The predicted octanol–water partition coefficient (Wildman–Crippen LogP) is 1.69. The summed E-state index contributed by atoms with van der Waals surface area (Å²) in [6, 6.07) is 6.28. The third-order valence-corrected chi connectivity index (χ3v) is 6.42. The van der Waals surface area contributed by atoms with Crippen LogP contribution in [0.15, 0.2) is 30.4 Å². The minimum absolute atomic E-state index is 0.0172. The SMILES string of the molecule is COCCN(C)C(=O)[C@@H]1[C@@H]2C=C[C@@]3(CN(Cc4ccc(C)c(C)c4)C(=O)[C@@H]13)O2. The van der Waals surface area contributed by atoms with Crippen molar-refractivity contribution in [1.82, 2.24) is 9.80 Å². The number of aryl methyl sites for hydroxylation is 2. The normalized spacial score (nSPS) is 30.2. The molecule has 3 heterocycles. The van der Waals surface area contributed by atoms with E-state index < -0.39 is 17.4 Å². The van der Waals surface area contributed by atoms with Gasteiger partial charge >= 0.3 is 0 Å². The minimum atomic E-state index is -0.663. The number of methoxy groups -OCH3 is 1. The molecule has 2 amide bonds. The van der Waals surface area contributed by atoms with Gasteiger partial charge in [0.2, 0.25) is 11.8 Å². The van der Waals surface area contributed by atoms with E-state index in [1.807, 2.05) is 17.1 Å². The van der Waals surface area contributed by atoms with Gasteiger partial charge in [0.15, 0.2) is 0 Å². The van der Waals surface area contributed by atoms with Crippen LogP contribution >= 0.6 is 0 Å². The van der Waals surface area contributed by atoms with Crippen molar-refractivity contribution in [3.05, 3.63) is 47.0 Å². The number of likely N-dealkylation sites (N-methyl/N-ethyl adjacent to an activating group) is 1. The molecule has 0 unspecified atom stereocenters. The van der Waals surface area contributed by atoms with Gasteiger partial charge in [-0.05, 0) is 30.5 Å². The molecule has 2 bridgehead atoms. The van der Waals surface area contributed by atoms with Gasteiger partial charge in [-0.2, -0.15) is 0 Å². The number of benzene rings is 1. The second-order valence-electron chi connectivity index (χ2n) is 8.27. The molecule has 0 saturated carbocycles. The Bertz CT molecular complexity index is 836. The molecule has 0 N–H and O–H groups in total. The lowest BCUT2D eigenvalue weighted by molar-refractivity contribution is -0.142. The fourth-order valence-corrected chi connectivity index (χ4v) is 4.71. The number of ether oxygens (including phenoxy) is 2. The molecule has 28 heavy (non-hydrogen) atoms. The average Bonchev–Trinajstić information content (AvgIpc) is 3.30. The fourth-order valence-electron chi connectivity index (χ4n) is 4.71. The Balaban J connectivity index is 1.54. The molecule has 6 nitrogen and oxygen atoms in total. The zero-order valence-electron chi connectivity index (χ0n) is 17.0. The first-order valence-corrected chi connectivity index (χ1v) is 9.82. The molecule has 2 fully saturated rings. The molecule has 3 aliphatic rings. The van der Waals surface area contributed by atoms with Crippen molar-refractivity contribution in [2.45, 2.75) is 32.1 Å². The maximum Gasteiger partial charge on any atom is 0.230 e. The summed E-state index contributed by atoms with van der Waals surface area (Å²) in [5.41, 5.74) is 2.89. The van der Waals surface area contributed by atoms with E-state index in [2.05, 4.69) is 32.0 Å². The standard InChI is InChI=1S/C22H28N2O4/c1-14-5-6-16(11-15(14)2)12-24-13-22-8-7-17(28-22)18(19(22)21(24)26)20(25)23(3)9-10-27-4/h5-8,11,17-19H,9-10,12-13H2,1-4H3/t17-,18+,19+,22-/m0/s1. The van der Waals surface area contributed by atoms with Crippen molar-refractivity contribution >= 4 is 11.8 Å². The van der Waals surface area contributed by atoms with Gasteiger partial charge in [-0.15, -0.1) is 0 Å². The minimum Gasteiger partial charge on any atom is -0.383 e. The molecule has 0 aliphatic carbocycles. The van der Waals surface area contributed by atoms with Crippen molar-refractivity contribution in [2.24, 2.45) is 11.8 Å². The Hall–Kier alpha value is -2.18. The predicted molar refractivity (Wildman–Crippen MR) is 105 cm³/mol. The van der Waals surface area contributed by atoms with Gasteiger partial charge < -0.3 is 19.3 Å². The summed E-state index contributed by atoms with van der Waals surface area (Å²) in [5, 5.41) is 0. The molecule has 6 heteroatoms. The highest BCUT2D eigenvalue weighted by Crippen LogP contribution is 2.52. The first kappa shape index (κ1) is 19.2. The summed E-state index contributed by atoms with van der Waals surface area (Å²) in [7, 11) is 3.37. The lowest BCUT2D eigenvalue weighted by atomic mass is 9.76. The van der Waals surface area contributed by atoms with Gasteiger partial charge in [-0.3, -0.25) is 9.59 Å². The Morgan fingerprint density at radius 1 is 1.36 bits per heavy atom. The monoisotopic (exact) mass is 384 g/mol. The molecule has 150 valence electrons. The van der Waals surface area contributed by atoms with E-state index in [4.69, 9.17) is 9.47 Å². The van der Waals surface area contributed by atoms with E-state index in [0.29, 0.717) is 26.2 Å². The summed E-state index contributed by atoms with van der Waals surface area (Å²) in [4.78, 5) is 29.8. The number of amides is 2. The van der Waals surface area contributed by atoms with Crippen molar-refractivity contribution < 1.29 is 19.1 Å². The molecule has 4 rings (SSSR count). The molecule has 1 spiro atoms. The molecule has 4 atom stereocenters. The Morgan fingerprint density at radius 2 is 2.14 bits per heavy atom. The first-order chi connectivity index (χ1) is 13.4. The van der Waals surface area contributed by atoms with Crippen LogP contribution in [0.1, 0.15) is 16.7 Å². The smallest absolute Gasteiger partial charge is 0.230 e. The van der Waals surface area contributed by atoms with Crippen LogP contribution in [-0.4, -0.2) is 67.2 Å². The number of rotatable bonds is 6. The second kappa shape index (κ2) is 7.01. The molecule has 0 radical (unpaired) electrons. The number of carbonyl (C=O) groups is 2. The summed E-state index contributed by atoms with van der Waals surface area (Å²) in [6.45, 7) is 6.18. The highest BCUT2D eigenvalue weighted by molar-refractivity contribution is 5.93. The van der Waals surface area contributed by atoms with Crippen LogP contribution in [0.25, 0.3) is 0 Å². The number of likely N-dealkylation sites (tertiary alicyclic amines) is 1. The van der Waals surface area contributed by atoms with E-state index in [9.17, 15) is 9.59 Å². The molecule has 2 saturated heterocycles. The van der Waals surface area contributed by atoms with Crippen LogP contribution in [0.4, 0.5) is 0 Å². The van der Waals surface area contributed by atoms with E-state index in [1.165, 1.54) is 11.1 Å². The largest absolute Gasteiger partial charge is 0.383 e. The van der Waals surface area contributed by atoms with Crippen LogP contribution in [0, 0.1) is 25.7 Å². The molecule has 1 aromatic rings. The Morgan fingerprint density at radius 3 is 2.86 bits per heavy atom. The van der Waals surface area contributed by atoms with Crippen molar-refractivity contribution in [3.63, 3.8) is 0 Å². The molecule has 3 aliphatic heterocycles. The van der Waals surface area contributed by atoms with Crippen LogP contribution in [0.3, 0.4) is 0 Å². The number of fused-ring (bicyclic) bond motifs is 1. The number of hydrogen-bond acceptors (Lipinski definition) is 4. The molecule has 0 aromatic heterocycles. The fraction of sp³-hybridized carbons (Fsp3) is 0.545. The molecule has 1 aromatic carbocycles. The topological polar surface area (TPSA) is 59.1 Å². The van der Waals surface area contributed by atoms with E-state index in [0.717, 1.165) is 5.56 Å². The van der Waals surface area contributed by atoms with Gasteiger partial charge in [-0.25, -0.2) is 0 Å². The summed E-state index contributed by atoms with van der Waals surface area (Å²) in [5.74, 6) is -0.918. The Labute approximate surface area is 166 Å². The van der Waals surface area contributed by atoms with Crippen LogP contribution < -0.4 is 0 Å². The highest BCUT2D eigenvalue weighted by atomic mass is 16.5. The lowest BCUT2D eigenvalue weighted by Crippen LogP contribution is -2.45. The second-order valence-corrected chi connectivity index (χ2v) is 8.27. The highest BCUT2D eigenvalue weighted by Gasteiger charge is 2.67. The van der Waals surface area contributed by atoms with Crippen molar-refractivity contribution in [2.75, 3.05) is 33.9 Å². The van der Waals surface area contributed by atoms with Gasteiger partial charge in [0.05, 0.1) is 31.1 Å².